The zero-order valence-corrected chi connectivity index (χ0v) is 13.8. The summed E-state index contributed by atoms with van der Waals surface area (Å²) in [7, 11) is 0. The molecule has 2 rings (SSSR count). The molecule has 1 fully saturated rings. The largest absolute Gasteiger partial charge is 0.444 e. The lowest BCUT2D eigenvalue weighted by molar-refractivity contribution is 0.0141. The van der Waals surface area contributed by atoms with E-state index in [1.807, 2.05) is 20.8 Å². The molecule has 0 unspecified atom stereocenters. The average molecular weight is 326 g/mol. The van der Waals surface area contributed by atoms with Crippen molar-refractivity contribution in [2.24, 2.45) is 0 Å². The van der Waals surface area contributed by atoms with Crippen molar-refractivity contribution in [2.45, 2.75) is 26.4 Å². The summed E-state index contributed by atoms with van der Waals surface area (Å²) < 4.78 is 5.33. The molecule has 0 spiro atoms. The summed E-state index contributed by atoms with van der Waals surface area (Å²) in [5.74, 6) is -0.165. The summed E-state index contributed by atoms with van der Waals surface area (Å²) >= 11 is 6.02. The summed E-state index contributed by atoms with van der Waals surface area (Å²) in [6.45, 7) is 7.27. The Morgan fingerprint density at radius 2 is 1.77 bits per heavy atom. The summed E-state index contributed by atoms with van der Waals surface area (Å²) in [6.07, 6.45) is 2.66. The number of carbonyl (C=O) groups is 2. The van der Waals surface area contributed by atoms with E-state index in [1.54, 1.807) is 22.1 Å². The molecule has 0 bridgehead atoms. The van der Waals surface area contributed by atoms with Crippen molar-refractivity contribution in [1.29, 1.82) is 0 Å². The highest BCUT2D eigenvalue weighted by molar-refractivity contribution is 6.33. The van der Waals surface area contributed by atoms with E-state index in [1.165, 1.54) is 6.20 Å². The van der Waals surface area contributed by atoms with Gasteiger partial charge < -0.3 is 14.5 Å². The molecule has 2 amide bonds. The van der Waals surface area contributed by atoms with Crippen molar-refractivity contribution in [3.63, 3.8) is 0 Å². The zero-order valence-electron chi connectivity index (χ0n) is 13.0. The molecule has 120 valence electrons. The Morgan fingerprint density at radius 1 is 1.18 bits per heavy atom. The molecule has 1 saturated heterocycles. The molecule has 0 atom stereocenters. The van der Waals surface area contributed by atoms with Crippen LogP contribution in [0.2, 0.25) is 5.02 Å². The van der Waals surface area contributed by atoms with Crippen LogP contribution < -0.4 is 0 Å². The molecule has 1 aliphatic heterocycles. The number of halogens is 1. The predicted octanol–water partition coefficient (Wildman–Crippen LogP) is 2.43. The van der Waals surface area contributed by atoms with Crippen LogP contribution in [0.5, 0.6) is 0 Å². The lowest BCUT2D eigenvalue weighted by Crippen LogP contribution is -2.51. The van der Waals surface area contributed by atoms with Crippen molar-refractivity contribution in [2.75, 3.05) is 26.2 Å². The Balaban J connectivity index is 1.94. The molecule has 1 aromatic rings. The maximum Gasteiger partial charge on any atom is 0.410 e. The van der Waals surface area contributed by atoms with E-state index in [-0.39, 0.29) is 12.0 Å². The van der Waals surface area contributed by atoms with Crippen molar-refractivity contribution in [3.05, 3.63) is 29.0 Å². The standard InChI is InChI=1S/C15H20ClN3O3/c1-15(2,3)22-14(21)19-8-6-18(7-9-19)13(20)11-10-17-5-4-12(11)16/h4-5,10H,6-9H2,1-3H3. The van der Waals surface area contributed by atoms with Crippen molar-refractivity contribution in [3.8, 4) is 0 Å². The monoisotopic (exact) mass is 325 g/mol. The number of ether oxygens (including phenoxy) is 1. The molecule has 2 heterocycles. The number of amides is 2. The van der Waals surface area contributed by atoms with E-state index in [2.05, 4.69) is 4.98 Å². The van der Waals surface area contributed by atoms with E-state index >= 15 is 0 Å². The lowest BCUT2D eigenvalue weighted by Gasteiger charge is -2.35. The summed E-state index contributed by atoms with van der Waals surface area (Å²) in [6, 6.07) is 1.59. The number of rotatable bonds is 1. The van der Waals surface area contributed by atoms with Crippen molar-refractivity contribution in [1.82, 2.24) is 14.8 Å². The predicted molar refractivity (Wildman–Crippen MR) is 83.0 cm³/mol. The van der Waals surface area contributed by atoms with Gasteiger partial charge in [-0.15, -0.1) is 0 Å². The van der Waals surface area contributed by atoms with Crippen molar-refractivity contribution >= 4 is 23.6 Å². The Labute approximate surface area is 135 Å². The van der Waals surface area contributed by atoms with E-state index in [0.717, 1.165) is 0 Å². The molecule has 22 heavy (non-hydrogen) atoms. The molecule has 0 saturated carbocycles. The van der Waals surface area contributed by atoms with E-state index in [4.69, 9.17) is 16.3 Å². The molecule has 7 heteroatoms. The van der Waals surface area contributed by atoms with Crippen LogP contribution in [0.15, 0.2) is 18.5 Å². The second-order valence-corrected chi connectivity index (χ2v) is 6.52. The molecule has 0 radical (unpaired) electrons. The van der Waals surface area contributed by atoms with Gasteiger partial charge in [0, 0.05) is 38.6 Å². The zero-order chi connectivity index (χ0) is 16.3. The molecular formula is C15H20ClN3O3. The van der Waals surface area contributed by atoms with Gasteiger partial charge in [-0.25, -0.2) is 4.79 Å². The summed E-state index contributed by atoms with van der Waals surface area (Å²) in [4.78, 5) is 31.6. The van der Waals surface area contributed by atoms with Crippen LogP contribution >= 0.6 is 11.6 Å². The maximum absolute atomic E-state index is 12.4. The highest BCUT2D eigenvalue weighted by Crippen LogP contribution is 2.18. The number of hydrogen-bond donors (Lipinski definition) is 0. The average Bonchev–Trinajstić information content (AvgIpc) is 2.45. The minimum Gasteiger partial charge on any atom is -0.444 e. The Hall–Kier alpha value is -1.82. The molecule has 1 aliphatic rings. The first-order chi connectivity index (χ1) is 10.3. The van der Waals surface area contributed by atoms with Crippen LogP contribution in [0.3, 0.4) is 0 Å². The van der Waals surface area contributed by atoms with Crippen LogP contribution in [0.1, 0.15) is 31.1 Å². The van der Waals surface area contributed by atoms with Crippen LogP contribution in [-0.2, 0) is 4.74 Å². The van der Waals surface area contributed by atoms with E-state index in [0.29, 0.717) is 36.8 Å². The van der Waals surface area contributed by atoms with Crippen LogP contribution in [0, 0.1) is 0 Å². The van der Waals surface area contributed by atoms with Gasteiger partial charge in [-0.3, -0.25) is 9.78 Å². The molecule has 0 aliphatic carbocycles. The number of aromatic nitrogens is 1. The number of pyridine rings is 1. The van der Waals surface area contributed by atoms with Gasteiger partial charge in [0.05, 0.1) is 10.6 Å². The van der Waals surface area contributed by atoms with Gasteiger partial charge in [0.1, 0.15) is 5.60 Å². The fourth-order valence-electron chi connectivity index (χ4n) is 2.12. The minimum absolute atomic E-state index is 0.165. The topological polar surface area (TPSA) is 62.7 Å². The fourth-order valence-corrected chi connectivity index (χ4v) is 2.31. The number of hydrogen-bond acceptors (Lipinski definition) is 4. The van der Waals surface area contributed by atoms with Gasteiger partial charge in [-0.05, 0) is 26.8 Å². The number of carbonyl (C=O) groups excluding carboxylic acids is 2. The van der Waals surface area contributed by atoms with Crippen molar-refractivity contribution < 1.29 is 14.3 Å². The first kappa shape index (κ1) is 16.5. The third-order valence-electron chi connectivity index (χ3n) is 3.22. The lowest BCUT2D eigenvalue weighted by atomic mass is 10.2. The van der Waals surface area contributed by atoms with Gasteiger partial charge in [-0.2, -0.15) is 0 Å². The first-order valence-corrected chi connectivity index (χ1v) is 7.52. The normalized spacial score (nSPS) is 15.6. The molecular weight excluding hydrogens is 306 g/mol. The maximum atomic E-state index is 12.4. The second-order valence-electron chi connectivity index (χ2n) is 6.12. The smallest absolute Gasteiger partial charge is 0.410 e. The van der Waals surface area contributed by atoms with Gasteiger partial charge >= 0.3 is 6.09 Å². The van der Waals surface area contributed by atoms with E-state index in [9.17, 15) is 9.59 Å². The van der Waals surface area contributed by atoms with Gasteiger partial charge in [0.2, 0.25) is 0 Å². The van der Waals surface area contributed by atoms with Crippen LogP contribution in [0.25, 0.3) is 0 Å². The van der Waals surface area contributed by atoms with E-state index < -0.39 is 5.60 Å². The summed E-state index contributed by atoms with van der Waals surface area (Å²) in [5.41, 5.74) is -0.136. The highest BCUT2D eigenvalue weighted by Gasteiger charge is 2.28. The van der Waals surface area contributed by atoms with Gasteiger partial charge in [-0.1, -0.05) is 11.6 Å². The Morgan fingerprint density at radius 3 is 2.32 bits per heavy atom. The third-order valence-corrected chi connectivity index (χ3v) is 3.55. The van der Waals surface area contributed by atoms with Crippen LogP contribution in [0.4, 0.5) is 4.79 Å². The minimum atomic E-state index is -0.521. The van der Waals surface area contributed by atoms with Gasteiger partial charge in [0.25, 0.3) is 5.91 Å². The molecule has 0 N–H and O–H groups in total. The second kappa shape index (κ2) is 6.52. The first-order valence-electron chi connectivity index (χ1n) is 7.14. The molecule has 1 aromatic heterocycles. The van der Waals surface area contributed by atoms with Gasteiger partial charge in [0.15, 0.2) is 0 Å². The third kappa shape index (κ3) is 4.10. The highest BCUT2D eigenvalue weighted by atomic mass is 35.5. The molecule has 6 nitrogen and oxygen atoms in total. The number of piperazine rings is 1. The van der Waals surface area contributed by atoms with Crippen LogP contribution in [-0.4, -0.2) is 58.6 Å². The Kier molecular flexibility index (Phi) is 4.90. The fraction of sp³-hybridized carbons (Fsp3) is 0.533. The number of nitrogens with zero attached hydrogens (tertiary/aromatic N) is 3. The molecule has 0 aromatic carbocycles. The Bertz CT molecular complexity index is 563. The quantitative estimate of drug-likeness (QED) is 0.795. The summed E-state index contributed by atoms with van der Waals surface area (Å²) in [5, 5.41) is 0.384. The SMILES string of the molecule is CC(C)(C)OC(=O)N1CCN(C(=O)c2cnccc2Cl)CC1.